The van der Waals surface area contributed by atoms with Crippen molar-refractivity contribution in [3.63, 3.8) is 0 Å². The molecule has 4 aromatic rings. The standard InChI is InChI=1S/C29H28N2O5/c1-33-19-13-15-24(27(16-19)35-3)31-25(22-10-7-11-26(34-2)29(22)36-4)17-23(30-31)21-14-12-18-8-5-6-9-20(18)28(21)32/h5-16,25,32H,17H2,1-4H3. The second-order valence-corrected chi connectivity index (χ2v) is 8.41. The van der Waals surface area contributed by atoms with Gasteiger partial charge in [0.2, 0.25) is 0 Å². The number of aromatic hydroxyl groups is 1. The molecule has 5 rings (SSSR count). The van der Waals surface area contributed by atoms with Crippen molar-refractivity contribution < 1.29 is 24.1 Å². The highest BCUT2D eigenvalue weighted by molar-refractivity contribution is 6.09. The molecule has 1 heterocycles. The molecule has 36 heavy (non-hydrogen) atoms. The summed E-state index contributed by atoms with van der Waals surface area (Å²) in [5, 5.41) is 19.9. The highest BCUT2D eigenvalue weighted by Crippen LogP contribution is 2.47. The van der Waals surface area contributed by atoms with E-state index in [1.807, 2.05) is 77.8 Å². The number of rotatable bonds is 7. The van der Waals surface area contributed by atoms with Gasteiger partial charge in [-0.3, -0.25) is 5.01 Å². The van der Waals surface area contributed by atoms with Crippen molar-refractivity contribution in [3.05, 3.63) is 83.9 Å². The molecule has 1 N–H and O–H groups in total. The molecule has 1 aliphatic heterocycles. The average Bonchev–Trinajstić information content (AvgIpc) is 3.37. The molecule has 0 saturated carbocycles. The van der Waals surface area contributed by atoms with Gasteiger partial charge in [0.05, 0.1) is 40.2 Å². The lowest BCUT2D eigenvalue weighted by atomic mass is 9.95. The van der Waals surface area contributed by atoms with Gasteiger partial charge >= 0.3 is 0 Å². The van der Waals surface area contributed by atoms with Gasteiger partial charge in [-0.1, -0.05) is 42.5 Å². The lowest BCUT2D eigenvalue weighted by Gasteiger charge is -2.27. The van der Waals surface area contributed by atoms with Gasteiger partial charge in [0.15, 0.2) is 11.5 Å². The Morgan fingerprint density at radius 3 is 2.36 bits per heavy atom. The first-order chi connectivity index (χ1) is 17.6. The number of benzene rings is 4. The number of methoxy groups -OCH3 is 4. The van der Waals surface area contributed by atoms with Crippen LogP contribution in [-0.4, -0.2) is 39.3 Å². The van der Waals surface area contributed by atoms with Gasteiger partial charge in [-0.25, -0.2) is 0 Å². The molecule has 0 spiro atoms. The molecule has 4 aromatic carbocycles. The molecule has 0 radical (unpaired) electrons. The summed E-state index contributed by atoms with van der Waals surface area (Å²) in [5.41, 5.74) is 3.12. The van der Waals surface area contributed by atoms with Crippen LogP contribution < -0.4 is 24.0 Å². The van der Waals surface area contributed by atoms with Crippen LogP contribution in [0.5, 0.6) is 28.7 Å². The molecule has 7 nitrogen and oxygen atoms in total. The van der Waals surface area contributed by atoms with E-state index in [9.17, 15) is 5.11 Å². The van der Waals surface area contributed by atoms with Crippen molar-refractivity contribution in [3.8, 4) is 28.7 Å². The quantitative estimate of drug-likeness (QED) is 0.350. The molecule has 1 unspecified atom stereocenters. The molecule has 0 saturated heterocycles. The minimum Gasteiger partial charge on any atom is -0.507 e. The maximum atomic E-state index is 11.2. The minimum absolute atomic E-state index is 0.215. The summed E-state index contributed by atoms with van der Waals surface area (Å²) >= 11 is 0. The van der Waals surface area contributed by atoms with E-state index in [1.54, 1.807) is 28.4 Å². The summed E-state index contributed by atoms with van der Waals surface area (Å²) in [6.07, 6.45) is 0.532. The Labute approximate surface area is 210 Å². The number of anilines is 1. The number of hydrazone groups is 1. The van der Waals surface area contributed by atoms with Crippen molar-refractivity contribution in [2.24, 2.45) is 5.10 Å². The lowest BCUT2D eigenvalue weighted by molar-refractivity contribution is 0.349. The molecular weight excluding hydrogens is 456 g/mol. The monoisotopic (exact) mass is 484 g/mol. The van der Waals surface area contributed by atoms with E-state index >= 15 is 0 Å². The largest absolute Gasteiger partial charge is 0.507 e. The molecule has 0 aromatic heterocycles. The molecular formula is C29H28N2O5. The summed E-state index contributed by atoms with van der Waals surface area (Å²) < 4.78 is 22.5. The fourth-order valence-corrected chi connectivity index (χ4v) is 4.77. The maximum absolute atomic E-state index is 11.2. The van der Waals surface area contributed by atoms with Crippen LogP contribution in [-0.2, 0) is 0 Å². The zero-order chi connectivity index (χ0) is 25.2. The number of fused-ring (bicyclic) bond motifs is 1. The summed E-state index contributed by atoms with van der Waals surface area (Å²) in [4.78, 5) is 0. The Hall–Kier alpha value is -4.39. The number of hydrogen-bond acceptors (Lipinski definition) is 7. The predicted molar refractivity (Wildman–Crippen MR) is 141 cm³/mol. The number of phenols is 1. The minimum atomic E-state index is -0.238. The van der Waals surface area contributed by atoms with Crippen LogP contribution in [0.4, 0.5) is 5.69 Å². The van der Waals surface area contributed by atoms with Gasteiger partial charge in [0, 0.05) is 29.0 Å². The van der Waals surface area contributed by atoms with Gasteiger partial charge in [-0.2, -0.15) is 5.10 Å². The van der Waals surface area contributed by atoms with Gasteiger partial charge < -0.3 is 24.1 Å². The van der Waals surface area contributed by atoms with Crippen LogP contribution in [0.25, 0.3) is 10.8 Å². The number of hydrogen-bond donors (Lipinski definition) is 1. The molecule has 0 amide bonds. The number of nitrogens with zero attached hydrogens (tertiary/aromatic N) is 2. The van der Waals surface area contributed by atoms with E-state index in [-0.39, 0.29) is 11.8 Å². The van der Waals surface area contributed by atoms with E-state index < -0.39 is 0 Å². The number of para-hydroxylation sites is 1. The zero-order valence-corrected chi connectivity index (χ0v) is 20.7. The summed E-state index contributed by atoms with van der Waals surface area (Å²) in [7, 11) is 6.49. The van der Waals surface area contributed by atoms with Crippen LogP contribution in [0.1, 0.15) is 23.6 Å². The third-order valence-electron chi connectivity index (χ3n) is 6.55. The smallest absolute Gasteiger partial charge is 0.166 e. The molecule has 0 bridgehead atoms. The van der Waals surface area contributed by atoms with Gasteiger partial charge in [0.25, 0.3) is 0 Å². The van der Waals surface area contributed by atoms with Crippen LogP contribution >= 0.6 is 0 Å². The van der Waals surface area contributed by atoms with Gasteiger partial charge in [0.1, 0.15) is 22.9 Å². The van der Waals surface area contributed by atoms with Crippen molar-refractivity contribution >= 4 is 22.2 Å². The summed E-state index contributed by atoms with van der Waals surface area (Å²) in [6, 6.07) is 22.9. The predicted octanol–water partition coefficient (Wildman–Crippen LogP) is 5.94. The van der Waals surface area contributed by atoms with Crippen LogP contribution in [0.2, 0.25) is 0 Å². The number of phenolic OH excluding ortho intramolecular Hbond substituents is 1. The first-order valence-corrected chi connectivity index (χ1v) is 11.6. The van der Waals surface area contributed by atoms with E-state index in [4.69, 9.17) is 24.0 Å². The Kier molecular flexibility index (Phi) is 6.29. The van der Waals surface area contributed by atoms with Gasteiger partial charge in [-0.15, -0.1) is 0 Å². The van der Waals surface area contributed by atoms with Crippen molar-refractivity contribution in [1.29, 1.82) is 0 Å². The highest BCUT2D eigenvalue weighted by atomic mass is 16.5. The maximum Gasteiger partial charge on any atom is 0.166 e. The average molecular weight is 485 g/mol. The lowest BCUT2D eigenvalue weighted by Crippen LogP contribution is -2.20. The molecule has 1 atom stereocenters. The van der Waals surface area contributed by atoms with E-state index in [0.717, 1.165) is 27.7 Å². The Morgan fingerprint density at radius 1 is 0.806 bits per heavy atom. The van der Waals surface area contributed by atoms with Gasteiger partial charge in [-0.05, 0) is 29.7 Å². The first kappa shape index (κ1) is 23.4. The Bertz CT molecular complexity index is 1450. The highest BCUT2D eigenvalue weighted by Gasteiger charge is 2.35. The summed E-state index contributed by atoms with van der Waals surface area (Å²) in [5.74, 6) is 2.79. The molecule has 184 valence electrons. The Morgan fingerprint density at radius 2 is 1.61 bits per heavy atom. The van der Waals surface area contributed by atoms with Crippen molar-refractivity contribution in [2.75, 3.05) is 33.4 Å². The normalized spacial score (nSPS) is 15.1. The molecule has 0 aliphatic carbocycles. The Balaban J connectivity index is 1.68. The summed E-state index contributed by atoms with van der Waals surface area (Å²) in [6.45, 7) is 0. The van der Waals surface area contributed by atoms with E-state index in [2.05, 4.69) is 0 Å². The molecule has 1 aliphatic rings. The third kappa shape index (κ3) is 3.92. The SMILES string of the molecule is COc1ccc(N2N=C(c3ccc4ccccc4c3O)CC2c2cccc(OC)c2OC)c(OC)c1. The second-order valence-electron chi connectivity index (χ2n) is 8.41. The third-order valence-corrected chi connectivity index (χ3v) is 6.55. The van der Waals surface area contributed by atoms with E-state index in [1.165, 1.54) is 0 Å². The van der Waals surface area contributed by atoms with Crippen LogP contribution in [0, 0.1) is 0 Å². The van der Waals surface area contributed by atoms with E-state index in [0.29, 0.717) is 35.0 Å². The first-order valence-electron chi connectivity index (χ1n) is 11.6. The molecule has 0 fully saturated rings. The van der Waals surface area contributed by atoms with Crippen LogP contribution in [0.15, 0.2) is 77.9 Å². The number of ether oxygens (including phenoxy) is 4. The fourth-order valence-electron chi connectivity index (χ4n) is 4.77. The fraction of sp³-hybridized carbons (Fsp3) is 0.207. The second kappa shape index (κ2) is 9.70. The van der Waals surface area contributed by atoms with Crippen molar-refractivity contribution in [1.82, 2.24) is 0 Å². The topological polar surface area (TPSA) is 72.8 Å². The molecule has 7 heteroatoms. The zero-order valence-electron chi connectivity index (χ0n) is 20.7. The van der Waals surface area contributed by atoms with Crippen LogP contribution in [0.3, 0.4) is 0 Å². The van der Waals surface area contributed by atoms with Crippen molar-refractivity contribution in [2.45, 2.75) is 12.5 Å².